The molecule has 0 aliphatic rings. The maximum atomic E-state index is 11.7. The highest BCUT2D eigenvalue weighted by atomic mass is 35.5. The van der Waals surface area contributed by atoms with E-state index in [4.69, 9.17) is 21.8 Å². The van der Waals surface area contributed by atoms with Crippen LogP contribution in [0.15, 0.2) is 18.2 Å². The molecule has 1 atom stereocenters. The third kappa shape index (κ3) is 4.03. The normalized spacial score (nSPS) is 12.1. The molecule has 1 heterocycles. The number of urea groups is 1. The van der Waals surface area contributed by atoms with Crippen LogP contribution in [-0.2, 0) is 4.79 Å². The van der Waals surface area contributed by atoms with E-state index in [2.05, 4.69) is 15.6 Å². The molecule has 0 aliphatic heterocycles. The molecule has 1 aromatic carbocycles. The van der Waals surface area contributed by atoms with E-state index in [1.165, 1.54) is 11.3 Å². The Morgan fingerprint density at radius 1 is 1.43 bits per heavy atom. The number of nitrogens with one attached hydrogen (secondary N) is 2. The number of thiazole rings is 1. The molecule has 9 heteroatoms. The summed E-state index contributed by atoms with van der Waals surface area (Å²) in [5.74, 6) is -1.21. The molecule has 0 spiro atoms. The van der Waals surface area contributed by atoms with Gasteiger partial charge in [-0.25, -0.2) is 14.6 Å². The second-order valence-corrected chi connectivity index (χ2v) is 5.60. The van der Waals surface area contributed by atoms with Crippen LogP contribution < -0.4 is 10.6 Å². The van der Waals surface area contributed by atoms with Crippen LogP contribution >= 0.6 is 22.9 Å². The average Bonchev–Trinajstić information content (AvgIpc) is 2.79. The van der Waals surface area contributed by atoms with Gasteiger partial charge in [0.25, 0.3) is 0 Å². The summed E-state index contributed by atoms with van der Waals surface area (Å²) in [6, 6.07) is 3.29. The number of hydrogen-bond acceptors (Lipinski definition) is 5. The van der Waals surface area contributed by atoms with Crippen molar-refractivity contribution >= 4 is 50.3 Å². The van der Waals surface area contributed by atoms with Crippen LogP contribution in [0.1, 0.15) is 6.42 Å². The predicted molar refractivity (Wildman–Crippen MR) is 79.9 cm³/mol. The summed E-state index contributed by atoms with van der Waals surface area (Å²) in [5.41, 5.74) is 0.685. The van der Waals surface area contributed by atoms with Gasteiger partial charge in [0.05, 0.1) is 10.2 Å². The zero-order chi connectivity index (χ0) is 15.4. The number of carboxylic acids is 1. The number of hydrogen-bond donors (Lipinski definition) is 4. The lowest BCUT2D eigenvalue weighted by atomic mass is 10.2. The number of aliphatic carboxylic acids is 1. The van der Waals surface area contributed by atoms with Gasteiger partial charge in [0.2, 0.25) is 0 Å². The first-order chi connectivity index (χ1) is 9.99. The SMILES string of the molecule is O=C(Nc1nc2ccc(Cl)cc2s1)N[C@@H](CCO)C(=O)O. The van der Waals surface area contributed by atoms with Crippen molar-refractivity contribution in [1.82, 2.24) is 10.3 Å². The molecule has 0 saturated heterocycles. The second-order valence-electron chi connectivity index (χ2n) is 4.13. The van der Waals surface area contributed by atoms with E-state index >= 15 is 0 Å². The van der Waals surface area contributed by atoms with Gasteiger partial charge in [-0.15, -0.1) is 0 Å². The van der Waals surface area contributed by atoms with Gasteiger partial charge in [-0.1, -0.05) is 22.9 Å². The zero-order valence-electron chi connectivity index (χ0n) is 10.7. The van der Waals surface area contributed by atoms with Crippen LogP contribution in [0.5, 0.6) is 0 Å². The molecule has 0 fully saturated rings. The van der Waals surface area contributed by atoms with Crippen LogP contribution in [0.25, 0.3) is 10.2 Å². The van der Waals surface area contributed by atoms with Gasteiger partial charge < -0.3 is 15.5 Å². The maximum Gasteiger partial charge on any atom is 0.326 e. The first kappa shape index (κ1) is 15.5. The summed E-state index contributed by atoms with van der Waals surface area (Å²) in [6.07, 6.45) is -0.0712. The number of carbonyl (C=O) groups is 2. The van der Waals surface area contributed by atoms with E-state index in [0.717, 1.165) is 4.70 Å². The largest absolute Gasteiger partial charge is 0.480 e. The van der Waals surface area contributed by atoms with Crippen molar-refractivity contribution in [2.24, 2.45) is 0 Å². The minimum Gasteiger partial charge on any atom is -0.480 e. The Balaban J connectivity index is 2.05. The van der Waals surface area contributed by atoms with Crippen molar-refractivity contribution in [1.29, 1.82) is 0 Å². The van der Waals surface area contributed by atoms with E-state index in [-0.39, 0.29) is 13.0 Å². The van der Waals surface area contributed by atoms with Crippen molar-refractivity contribution < 1.29 is 19.8 Å². The third-order valence-corrected chi connectivity index (χ3v) is 3.76. The van der Waals surface area contributed by atoms with E-state index in [1.807, 2.05) is 0 Å². The summed E-state index contributed by atoms with van der Waals surface area (Å²) in [6.45, 7) is -0.336. The molecule has 0 aliphatic carbocycles. The Morgan fingerprint density at radius 3 is 2.86 bits per heavy atom. The average molecular weight is 330 g/mol. The lowest BCUT2D eigenvalue weighted by Crippen LogP contribution is -2.43. The first-order valence-electron chi connectivity index (χ1n) is 5.97. The maximum absolute atomic E-state index is 11.7. The third-order valence-electron chi connectivity index (χ3n) is 2.59. The Labute approximate surface area is 128 Å². The van der Waals surface area contributed by atoms with E-state index in [9.17, 15) is 9.59 Å². The number of fused-ring (bicyclic) bond motifs is 1. The molecule has 4 N–H and O–H groups in total. The fourth-order valence-electron chi connectivity index (χ4n) is 1.63. The monoisotopic (exact) mass is 329 g/mol. The first-order valence-corrected chi connectivity index (χ1v) is 7.16. The molecule has 0 bridgehead atoms. The molecule has 2 amide bonds. The second kappa shape index (κ2) is 6.70. The Hall–Kier alpha value is -1.90. The number of nitrogens with zero attached hydrogens (tertiary/aromatic N) is 1. The molecular formula is C12H12ClN3O4S. The van der Waals surface area contributed by atoms with Gasteiger partial charge in [0.1, 0.15) is 6.04 Å². The smallest absolute Gasteiger partial charge is 0.326 e. The van der Waals surface area contributed by atoms with Crippen LogP contribution in [0.2, 0.25) is 5.02 Å². The van der Waals surface area contributed by atoms with E-state index in [0.29, 0.717) is 15.7 Å². The minimum atomic E-state index is -1.21. The van der Waals surface area contributed by atoms with Gasteiger partial charge in [-0.05, 0) is 18.2 Å². The van der Waals surface area contributed by atoms with Crippen LogP contribution in [0.4, 0.5) is 9.93 Å². The van der Waals surface area contributed by atoms with Crippen molar-refractivity contribution in [2.45, 2.75) is 12.5 Å². The highest BCUT2D eigenvalue weighted by Crippen LogP contribution is 2.28. The zero-order valence-corrected chi connectivity index (χ0v) is 12.2. The standard InChI is InChI=1S/C12H12ClN3O4S/c13-6-1-2-7-9(5-6)21-12(15-7)16-11(20)14-8(3-4-17)10(18)19/h1-2,5,8,17H,3-4H2,(H,18,19)(H2,14,15,16,20)/t8-/m0/s1. The number of rotatable bonds is 5. The number of aliphatic hydroxyl groups excluding tert-OH is 1. The topological polar surface area (TPSA) is 112 Å². The van der Waals surface area contributed by atoms with Gasteiger partial charge in [-0.3, -0.25) is 5.32 Å². The summed E-state index contributed by atoms with van der Waals surface area (Å²) in [7, 11) is 0. The molecular weight excluding hydrogens is 318 g/mol. The summed E-state index contributed by atoms with van der Waals surface area (Å²) in [4.78, 5) is 26.8. The van der Waals surface area contributed by atoms with Crippen molar-refractivity contribution in [3.8, 4) is 0 Å². The Kier molecular flexibility index (Phi) is 4.94. The number of aliphatic hydroxyl groups is 1. The lowest BCUT2D eigenvalue weighted by Gasteiger charge is -2.12. The highest BCUT2D eigenvalue weighted by molar-refractivity contribution is 7.22. The van der Waals surface area contributed by atoms with E-state index in [1.54, 1.807) is 18.2 Å². The Bertz CT molecular complexity index is 676. The predicted octanol–water partition coefficient (Wildman–Crippen LogP) is 1.91. The molecule has 7 nitrogen and oxygen atoms in total. The van der Waals surface area contributed by atoms with Gasteiger partial charge in [0.15, 0.2) is 5.13 Å². The summed E-state index contributed by atoms with van der Waals surface area (Å²) in [5, 5.41) is 23.2. The fraction of sp³-hybridized carbons (Fsp3) is 0.250. The molecule has 21 heavy (non-hydrogen) atoms. The molecule has 2 rings (SSSR count). The van der Waals surface area contributed by atoms with Crippen LogP contribution in [0.3, 0.4) is 0 Å². The molecule has 0 unspecified atom stereocenters. The molecule has 2 aromatic rings. The molecule has 0 saturated carbocycles. The minimum absolute atomic E-state index is 0.0712. The number of anilines is 1. The lowest BCUT2D eigenvalue weighted by molar-refractivity contribution is -0.139. The van der Waals surface area contributed by atoms with Gasteiger partial charge >= 0.3 is 12.0 Å². The van der Waals surface area contributed by atoms with Gasteiger partial charge in [0, 0.05) is 18.1 Å². The number of aromatic nitrogens is 1. The highest BCUT2D eigenvalue weighted by Gasteiger charge is 2.19. The van der Waals surface area contributed by atoms with Crippen molar-refractivity contribution in [3.63, 3.8) is 0 Å². The number of amides is 2. The molecule has 0 radical (unpaired) electrons. The van der Waals surface area contributed by atoms with Crippen molar-refractivity contribution in [2.75, 3.05) is 11.9 Å². The summed E-state index contributed by atoms with van der Waals surface area (Å²) < 4.78 is 0.808. The number of halogens is 1. The molecule has 112 valence electrons. The number of carbonyl (C=O) groups excluding carboxylic acids is 1. The van der Waals surface area contributed by atoms with Crippen LogP contribution in [-0.4, -0.2) is 39.8 Å². The fourth-order valence-corrected chi connectivity index (χ4v) is 2.77. The number of benzene rings is 1. The van der Waals surface area contributed by atoms with E-state index < -0.39 is 18.0 Å². The molecule has 1 aromatic heterocycles. The number of carboxylic acid groups (broad SMARTS) is 1. The summed E-state index contributed by atoms with van der Waals surface area (Å²) >= 11 is 7.09. The Morgan fingerprint density at radius 2 is 2.19 bits per heavy atom. The quantitative estimate of drug-likeness (QED) is 0.669. The van der Waals surface area contributed by atoms with Crippen LogP contribution in [0, 0.1) is 0 Å². The van der Waals surface area contributed by atoms with Crippen molar-refractivity contribution in [3.05, 3.63) is 23.2 Å². The van der Waals surface area contributed by atoms with Gasteiger partial charge in [-0.2, -0.15) is 0 Å².